The van der Waals surface area contributed by atoms with E-state index >= 15 is 0 Å². The van der Waals surface area contributed by atoms with Gasteiger partial charge in [0.05, 0.1) is 6.61 Å². The van der Waals surface area contributed by atoms with Crippen LogP contribution >= 0.6 is 0 Å². The Morgan fingerprint density at radius 2 is 2.17 bits per heavy atom. The number of ether oxygens (including phenoxy) is 1. The van der Waals surface area contributed by atoms with E-state index in [9.17, 15) is 9.90 Å². The maximum atomic E-state index is 11.8. The predicted molar refractivity (Wildman–Crippen MR) is 83.3 cm³/mol. The zero-order chi connectivity index (χ0) is 16.4. The molecule has 1 aliphatic heterocycles. The van der Waals surface area contributed by atoms with Crippen molar-refractivity contribution < 1.29 is 19.2 Å². The zero-order valence-electron chi connectivity index (χ0n) is 13.2. The molecule has 1 saturated heterocycles. The molecular weight excluding hydrogens is 298 g/mol. The number of carbonyl (C=O) groups is 1. The molecule has 0 bridgehead atoms. The molecule has 1 unspecified atom stereocenters. The lowest BCUT2D eigenvalue weighted by molar-refractivity contribution is -0.145. The molecule has 1 aromatic carbocycles. The number of aliphatic carboxylic acids is 1. The van der Waals surface area contributed by atoms with Crippen molar-refractivity contribution in [2.24, 2.45) is 0 Å². The Bertz CT molecular complexity index is 698. The molecule has 1 atom stereocenters. The summed E-state index contributed by atoms with van der Waals surface area (Å²) in [6.07, 6.45) is 1.22. The lowest BCUT2D eigenvalue weighted by Gasteiger charge is -2.32. The van der Waals surface area contributed by atoms with E-state index in [0.29, 0.717) is 18.8 Å². The third-order valence-corrected chi connectivity index (χ3v) is 4.23. The van der Waals surface area contributed by atoms with E-state index in [1.807, 2.05) is 31.2 Å². The summed E-state index contributed by atoms with van der Waals surface area (Å²) in [5.74, 6) is -0.490. The zero-order valence-corrected chi connectivity index (χ0v) is 13.2. The van der Waals surface area contributed by atoms with Gasteiger partial charge in [0.1, 0.15) is 0 Å². The van der Waals surface area contributed by atoms with Crippen molar-refractivity contribution in [3.63, 3.8) is 0 Å². The Morgan fingerprint density at radius 3 is 2.83 bits per heavy atom. The smallest absolute Gasteiger partial charge is 0.332 e. The number of carboxylic acid groups (broad SMARTS) is 1. The number of nitrogens with zero attached hydrogens (tertiary/aromatic N) is 3. The Labute approximate surface area is 133 Å². The number of methoxy groups -OCH3 is 1. The first-order chi connectivity index (χ1) is 11.1. The number of benzene rings is 1. The van der Waals surface area contributed by atoms with Crippen LogP contribution < -0.4 is 4.90 Å². The molecule has 1 aliphatic rings. The van der Waals surface area contributed by atoms with Crippen molar-refractivity contribution in [2.45, 2.75) is 25.3 Å². The van der Waals surface area contributed by atoms with Gasteiger partial charge in [-0.1, -0.05) is 35.0 Å². The molecule has 1 aromatic heterocycles. The van der Waals surface area contributed by atoms with Crippen LogP contribution in [-0.2, 0) is 9.53 Å². The summed E-state index contributed by atoms with van der Waals surface area (Å²) < 4.78 is 10.5. The van der Waals surface area contributed by atoms with Crippen LogP contribution in [0, 0.1) is 6.92 Å². The van der Waals surface area contributed by atoms with Gasteiger partial charge in [0, 0.05) is 19.2 Å². The molecule has 122 valence electrons. The van der Waals surface area contributed by atoms with Crippen LogP contribution in [0.5, 0.6) is 0 Å². The van der Waals surface area contributed by atoms with Crippen molar-refractivity contribution in [1.82, 2.24) is 10.1 Å². The molecule has 2 aromatic rings. The number of rotatable bonds is 5. The van der Waals surface area contributed by atoms with Gasteiger partial charge in [0.15, 0.2) is 5.54 Å². The molecule has 0 radical (unpaired) electrons. The van der Waals surface area contributed by atoms with Crippen LogP contribution in [-0.4, -0.2) is 47.0 Å². The molecule has 0 amide bonds. The maximum absolute atomic E-state index is 11.8. The Morgan fingerprint density at radius 1 is 1.43 bits per heavy atom. The van der Waals surface area contributed by atoms with Gasteiger partial charge in [-0.05, 0) is 19.8 Å². The highest BCUT2D eigenvalue weighted by atomic mass is 16.5. The number of hydrogen-bond acceptors (Lipinski definition) is 6. The molecule has 0 spiro atoms. The number of carboxylic acids is 1. The lowest BCUT2D eigenvalue weighted by Crippen LogP contribution is -2.54. The van der Waals surface area contributed by atoms with Crippen molar-refractivity contribution in [2.75, 3.05) is 25.2 Å². The minimum absolute atomic E-state index is 0.0740. The van der Waals surface area contributed by atoms with Crippen LogP contribution in [0.4, 0.5) is 6.01 Å². The topological polar surface area (TPSA) is 88.7 Å². The van der Waals surface area contributed by atoms with Gasteiger partial charge >= 0.3 is 12.0 Å². The highest BCUT2D eigenvalue weighted by molar-refractivity contribution is 5.84. The number of anilines is 1. The van der Waals surface area contributed by atoms with Crippen molar-refractivity contribution in [1.29, 1.82) is 0 Å². The van der Waals surface area contributed by atoms with Gasteiger partial charge in [-0.25, -0.2) is 4.79 Å². The summed E-state index contributed by atoms with van der Waals surface area (Å²) in [5.41, 5.74) is 0.825. The van der Waals surface area contributed by atoms with Crippen LogP contribution in [0.2, 0.25) is 0 Å². The van der Waals surface area contributed by atoms with Gasteiger partial charge in [-0.15, -0.1) is 0 Å². The molecule has 3 rings (SSSR count). The first-order valence-electron chi connectivity index (χ1n) is 7.47. The van der Waals surface area contributed by atoms with E-state index in [2.05, 4.69) is 10.1 Å². The van der Waals surface area contributed by atoms with Crippen LogP contribution in [0.1, 0.15) is 18.4 Å². The Hall–Kier alpha value is -2.41. The molecular formula is C16H19N3O4. The normalized spacial score (nSPS) is 20.9. The molecule has 2 heterocycles. The molecule has 1 N–H and O–H groups in total. The molecule has 1 fully saturated rings. The molecule has 0 aliphatic carbocycles. The number of aromatic nitrogens is 2. The average molecular weight is 317 g/mol. The van der Waals surface area contributed by atoms with E-state index < -0.39 is 11.5 Å². The summed E-state index contributed by atoms with van der Waals surface area (Å²) in [5, 5.41) is 13.7. The van der Waals surface area contributed by atoms with Gasteiger partial charge in [0.25, 0.3) is 0 Å². The van der Waals surface area contributed by atoms with Crippen molar-refractivity contribution in [3.05, 3.63) is 29.8 Å². The minimum atomic E-state index is -1.15. The maximum Gasteiger partial charge on any atom is 0.332 e. The molecule has 0 saturated carbocycles. The standard InChI is InChI=1S/C16H19N3O4/c1-11-4-6-12(7-5-11)13-17-15(23-18-13)19-9-3-8-16(19,10-22-2)14(20)21/h4-7H,3,8-10H2,1-2H3,(H,20,21). The van der Waals surface area contributed by atoms with E-state index in [-0.39, 0.29) is 12.6 Å². The Balaban J connectivity index is 1.92. The molecule has 7 nitrogen and oxygen atoms in total. The van der Waals surface area contributed by atoms with E-state index in [4.69, 9.17) is 9.26 Å². The monoisotopic (exact) mass is 317 g/mol. The fourth-order valence-electron chi connectivity index (χ4n) is 2.98. The first-order valence-corrected chi connectivity index (χ1v) is 7.47. The summed E-state index contributed by atoms with van der Waals surface area (Å²) >= 11 is 0. The SMILES string of the molecule is COCC1(C(=O)O)CCCN1c1nc(-c2ccc(C)cc2)no1. The number of aryl methyl sites for hydroxylation is 1. The van der Waals surface area contributed by atoms with Gasteiger partial charge in [-0.3, -0.25) is 0 Å². The molecule has 23 heavy (non-hydrogen) atoms. The van der Waals surface area contributed by atoms with Crippen LogP contribution in [0.25, 0.3) is 11.4 Å². The first kappa shape index (κ1) is 15.5. The molecule has 7 heteroatoms. The van der Waals surface area contributed by atoms with Gasteiger partial charge in [0.2, 0.25) is 5.82 Å². The van der Waals surface area contributed by atoms with Gasteiger partial charge < -0.3 is 19.3 Å². The third-order valence-electron chi connectivity index (χ3n) is 4.23. The van der Waals surface area contributed by atoms with Crippen LogP contribution in [0.15, 0.2) is 28.8 Å². The fraction of sp³-hybridized carbons (Fsp3) is 0.438. The van der Waals surface area contributed by atoms with E-state index in [0.717, 1.165) is 17.5 Å². The Kier molecular flexibility index (Phi) is 4.04. The van der Waals surface area contributed by atoms with Crippen molar-refractivity contribution >= 4 is 12.0 Å². The van der Waals surface area contributed by atoms with Crippen LogP contribution in [0.3, 0.4) is 0 Å². The largest absolute Gasteiger partial charge is 0.479 e. The van der Waals surface area contributed by atoms with E-state index in [1.165, 1.54) is 7.11 Å². The summed E-state index contributed by atoms with van der Waals surface area (Å²) in [6, 6.07) is 7.97. The second-order valence-corrected chi connectivity index (χ2v) is 5.79. The predicted octanol–water partition coefficient (Wildman–Crippen LogP) is 2.12. The average Bonchev–Trinajstić information content (AvgIpc) is 3.15. The van der Waals surface area contributed by atoms with Gasteiger partial charge in [-0.2, -0.15) is 4.98 Å². The highest BCUT2D eigenvalue weighted by Gasteiger charge is 2.50. The highest BCUT2D eigenvalue weighted by Crippen LogP contribution is 2.35. The summed E-state index contributed by atoms with van der Waals surface area (Å²) in [7, 11) is 1.49. The summed E-state index contributed by atoms with van der Waals surface area (Å²) in [6.45, 7) is 2.62. The second-order valence-electron chi connectivity index (χ2n) is 5.79. The number of hydrogen-bond donors (Lipinski definition) is 1. The quantitative estimate of drug-likeness (QED) is 0.903. The summed E-state index contributed by atoms with van der Waals surface area (Å²) in [4.78, 5) is 17.8. The fourth-order valence-corrected chi connectivity index (χ4v) is 2.98. The lowest BCUT2D eigenvalue weighted by atomic mass is 9.98. The van der Waals surface area contributed by atoms with Crippen molar-refractivity contribution in [3.8, 4) is 11.4 Å². The third kappa shape index (κ3) is 2.68. The minimum Gasteiger partial charge on any atom is -0.479 e. The second kappa shape index (κ2) is 6.00. The van der Waals surface area contributed by atoms with E-state index in [1.54, 1.807) is 4.90 Å².